The molecule has 2 saturated heterocycles. The number of hydrogen-bond donors (Lipinski definition) is 1. The Kier molecular flexibility index (Phi) is 7.32. The van der Waals surface area contributed by atoms with Crippen molar-refractivity contribution in [2.75, 3.05) is 26.8 Å². The molecule has 32 heavy (non-hydrogen) atoms. The first-order valence-electron chi connectivity index (χ1n) is 11.2. The molecule has 1 N–H and O–H groups in total. The molecule has 2 aliphatic rings. The second kappa shape index (κ2) is 10.5. The van der Waals surface area contributed by atoms with Crippen molar-refractivity contribution in [1.82, 2.24) is 20.2 Å². The molecule has 0 bridgehead atoms. The molecule has 0 radical (unpaired) electrons. The van der Waals surface area contributed by atoms with Crippen molar-refractivity contribution in [3.8, 4) is 5.75 Å². The van der Waals surface area contributed by atoms with Gasteiger partial charge in [0.05, 0.1) is 18.4 Å². The Bertz CT molecular complexity index is 937. The highest BCUT2D eigenvalue weighted by atomic mass is 16.5. The first-order valence-corrected chi connectivity index (χ1v) is 11.2. The highest BCUT2D eigenvalue weighted by Crippen LogP contribution is 2.25. The van der Waals surface area contributed by atoms with Crippen LogP contribution in [0, 0.1) is 5.92 Å². The van der Waals surface area contributed by atoms with Crippen molar-refractivity contribution in [3.63, 3.8) is 0 Å². The van der Waals surface area contributed by atoms with Crippen LogP contribution in [-0.2, 0) is 22.5 Å². The number of rotatable bonds is 7. The van der Waals surface area contributed by atoms with Crippen LogP contribution in [-0.4, -0.2) is 59.6 Å². The predicted molar refractivity (Wildman–Crippen MR) is 118 cm³/mol. The van der Waals surface area contributed by atoms with Gasteiger partial charge in [-0.25, -0.2) is 9.97 Å². The minimum atomic E-state index is -0.257. The number of carbonyl (C=O) groups excluding carboxylic acids is 2. The zero-order chi connectivity index (χ0) is 22.3. The maximum atomic E-state index is 12.9. The summed E-state index contributed by atoms with van der Waals surface area (Å²) in [5, 5.41) is 2.96. The summed E-state index contributed by atoms with van der Waals surface area (Å²) >= 11 is 0. The second-order valence-electron chi connectivity index (χ2n) is 8.35. The number of likely N-dealkylation sites (tertiary alicyclic amines) is 1. The molecule has 170 valence electrons. The number of nitrogens with zero attached hydrogens (tertiary/aromatic N) is 3. The SMILES string of the molecule is COc1ccccc1CNC(=O)c1cncnc1CC1CCN(C(=O)C2CCCO2)CC1. The van der Waals surface area contributed by atoms with E-state index < -0.39 is 0 Å². The monoisotopic (exact) mass is 438 g/mol. The van der Waals surface area contributed by atoms with E-state index in [1.165, 1.54) is 6.33 Å². The van der Waals surface area contributed by atoms with Gasteiger partial charge in [-0.3, -0.25) is 9.59 Å². The van der Waals surface area contributed by atoms with Gasteiger partial charge in [-0.2, -0.15) is 0 Å². The lowest BCUT2D eigenvalue weighted by molar-refractivity contribution is -0.142. The van der Waals surface area contributed by atoms with Crippen molar-refractivity contribution >= 4 is 11.8 Å². The molecule has 1 atom stereocenters. The number of ether oxygens (including phenoxy) is 2. The average Bonchev–Trinajstić information content (AvgIpc) is 3.38. The summed E-state index contributed by atoms with van der Waals surface area (Å²) < 4.78 is 10.9. The van der Waals surface area contributed by atoms with Gasteiger partial charge in [0, 0.05) is 38.0 Å². The molecule has 8 heteroatoms. The van der Waals surface area contributed by atoms with Crippen molar-refractivity contribution in [1.29, 1.82) is 0 Å². The number of hydrogen-bond acceptors (Lipinski definition) is 6. The van der Waals surface area contributed by atoms with Crippen LogP contribution in [0.5, 0.6) is 5.75 Å². The summed E-state index contributed by atoms with van der Waals surface area (Å²) in [6.07, 6.45) is 7.08. The van der Waals surface area contributed by atoms with Crippen LogP contribution in [0.25, 0.3) is 0 Å². The van der Waals surface area contributed by atoms with E-state index in [4.69, 9.17) is 9.47 Å². The van der Waals surface area contributed by atoms with E-state index in [1.807, 2.05) is 29.2 Å². The van der Waals surface area contributed by atoms with Crippen LogP contribution in [0.4, 0.5) is 0 Å². The largest absolute Gasteiger partial charge is 0.496 e. The summed E-state index contributed by atoms with van der Waals surface area (Å²) in [7, 11) is 1.61. The Labute approximate surface area is 188 Å². The molecule has 1 aromatic heterocycles. The lowest BCUT2D eigenvalue weighted by Crippen LogP contribution is -2.44. The van der Waals surface area contributed by atoms with Gasteiger partial charge in [0.15, 0.2) is 0 Å². The molecule has 2 aliphatic heterocycles. The normalized spacial score (nSPS) is 19.0. The number of piperidine rings is 1. The minimum Gasteiger partial charge on any atom is -0.496 e. The molecule has 2 amide bonds. The molecule has 4 rings (SSSR count). The maximum Gasteiger partial charge on any atom is 0.254 e. The summed E-state index contributed by atoms with van der Waals surface area (Å²) in [6, 6.07) is 7.60. The molecule has 0 aliphatic carbocycles. The number of methoxy groups -OCH3 is 1. The van der Waals surface area contributed by atoms with Crippen molar-refractivity contribution < 1.29 is 19.1 Å². The Balaban J connectivity index is 1.33. The zero-order valence-corrected chi connectivity index (χ0v) is 18.5. The van der Waals surface area contributed by atoms with E-state index in [9.17, 15) is 9.59 Å². The van der Waals surface area contributed by atoms with Gasteiger partial charge < -0.3 is 19.7 Å². The van der Waals surface area contributed by atoms with Crippen molar-refractivity contribution in [2.45, 2.75) is 44.8 Å². The molecular formula is C24H30N4O4. The lowest BCUT2D eigenvalue weighted by atomic mass is 9.90. The van der Waals surface area contributed by atoms with Crippen molar-refractivity contribution in [3.05, 3.63) is 53.6 Å². The number of carbonyl (C=O) groups is 2. The van der Waals surface area contributed by atoms with Gasteiger partial charge in [-0.1, -0.05) is 18.2 Å². The van der Waals surface area contributed by atoms with E-state index in [2.05, 4.69) is 15.3 Å². The first-order chi connectivity index (χ1) is 15.7. The molecule has 3 heterocycles. The number of amides is 2. The van der Waals surface area contributed by atoms with Crippen LogP contribution in [0.2, 0.25) is 0 Å². The van der Waals surface area contributed by atoms with Crippen LogP contribution in [0.3, 0.4) is 0 Å². The van der Waals surface area contributed by atoms with Gasteiger partial charge in [-0.15, -0.1) is 0 Å². The number of aromatic nitrogens is 2. The topological polar surface area (TPSA) is 93.6 Å². The van der Waals surface area contributed by atoms with Gasteiger partial charge >= 0.3 is 0 Å². The summed E-state index contributed by atoms with van der Waals surface area (Å²) in [5.74, 6) is 1.04. The standard InChI is InChI=1S/C24H30N4O4/c1-31-21-6-3-2-5-18(21)14-26-23(29)19-15-25-16-27-20(19)13-17-8-10-28(11-9-17)24(30)22-7-4-12-32-22/h2-3,5-6,15-17,22H,4,7-14H2,1H3,(H,26,29). The molecule has 1 unspecified atom stereocenters. The molecule has 8 nitrogen and oxygen atoms in total. The Hall–Kier alpha value is -3.00. The predicted octanol–water partition coefficient (Wildman–Crippen LogP) is 2.38. The van der Waals surface area contributed by atoms with Crippen LogP contribution < -0.4 is 10.1 Å². The summed E-state index contributed by atoms with van der Waals surface area (Å²) in [5.41, 5.74) is 2.16. The Morgan fingerprint density at radius 2 is 2.03 bits per heavy atom. The third-order valence-electron chi connectivity index (χ3n) is 6.28. The smallest absolute Gasteiger partial charge is 0.254 e. The minimum absolute atomic E-state index is 0.124. The van der Waals surface area contributed by atoms with Crippen molar-refractivity contribution in [2.24, 2.45) is 5.92 Å². The average molecular weight is 439 g/mol. The van der Waals surface area contributed by atoms with Gasteiger partial charge in [0.1, 0.15) is 18.2 Å². The van der Waals surface area contributed by atoms with E-state index in [0.717, 1.165) is 55.8 Å². The van der Waals surface area contributed by atoms with Crippen LogP contribution >= 0.6 is 0 Å². The van der Waals surface area contributed by atoms with E-state index in [0.29, 0.717) is 31.1 Å². The fourth-order valence-corrected chi connectivity index (χ4v) is 4.43. The van der Waals surface area contributed by atoms with Gasteiger partial charge in [0.2, 0.25) is 0 Å². The highest BCUT2D eigenvalue weighted by Gasteiger charge is 2.31. The summed E-state index contributed by atoms with van der Waals surface area (Å²) in [4.78, 5) is 35.8. The van der Waals surface area contributed by atoms with E-state index in [-0.39, 0.29) is 17.9 Å². The lowest BCUT2D eigenvalue weighted by Gasteiger charge is -2.33. The number of benzene rings is 1. The molecule has 0 saturated carbocycles. The second-order valence-corrected chi connectivity index (χ2v) is 8.35. The zero-order valence-electron chi connectivity index (χ0n) is 18.5. The van der Waals surface area contributed by atoms with Crippen LogP contribution in [0.1, 0.15) is 47.3 Å². The number of para-hydroxylation sites is 1. The van der Waals surface area contributed by atoms with Gasteiger partial charge in [-0.05, 0) is 44.1 Å². The molecular weight excluding hydrogens is 408 g/mol. The third-order valence-corrected chi connectivity index (χ3v) is 6.28. The third kappa shape index (κ3) is 5.24. The number of nitrogens with one attached hydrogen (secondary N) is 1. The van der Waals surface area contributed by atoms with E-state index in [1.54, 1.807) is 13.3 Å². The Morgan fingerprint density at radius 1 is 1.22 bits per heavy atom. The van der Waals surface area contributed by atoms with E-state index >= 15 is 0 Å². The van der Waals surface area contributed by atoms with Gasteiger partial charge in [0.25, 0.3) is 11.8 Å². The Morgan fingerprint density at radius 3 is 2.78 bits per heavy atom. The first kappa shape index (κ1) is 22.2. The molecule has 2 fully saturated rings. The highest BCUT2D eigenvalue weighted by molar-refractivity contribution is 5.94. The quantitative estimate of drug-likeness (QED) is 0.713. The fraction of sp³-hybridized carbons (Fsp3) is 0.500. The molecule has 1 aromatic carbocycles. The fourth-order valence-electron chi connectivity index (χ4n) is 4.43. The maximum absolute atomic E-state index is 12.9. The van der Waals surface area contributed by atoms with Crippen LogP contribution in [0.15, 0.2) is 36.8 Å². The summed E-state index contributed by atoms with van der Waals surface area (Å²) in [6.45, 7) is 2.50. The molecule has 0 spiro atoms. The molecule has 2 aromatic rings.